The molecule has 1 saturated carbocycles. The second-order valence-corrected chi connectivity index (χ2v) is 6.78. The Morgan fingerprint density at radius 2 is 1.90 bits per heavy atom. The van der Waals surface area contributed by atoms with Gasteiger partial charge in [0.15, 0.2) is 0 Å². The molecule has 2 aliphatic heterocycles. The van der Waals surface area contributed by atoms with Gasteiger partial charge in [0.05, 0.1) is 0 Å². The van der Waals surface area contributed by atoms with Crippen molar-refractivity contribution in [1.82, 2.24) is 4.90 Å². The van der Waals surface area contributed by atoms with E-state index in [0.29, 0.717) is 12.3 Å². The van der Waals surface area contributed by atoms with Crippen molar-refractivity contribution in [3.8, 4) is 0 Å². The molecule has 0 N–H and O–H groups in total. The summed E-state index contributed by atoms with van der Waals surface area (Å²) in [5, 5.41) is 0. The lowest BCUT2D eigenvalue weighted by molar-refractivity contribution is -0.132. The standard InChI is InChI=1S/C17H20N2O2/c20-15-10-17(12-19(15)14-4-2-1-3-5-14)8-9-18(11-17)16(21)13-6-7-13/h1-5,13H,6-12H2/t17-/m0/s1. The van der Waals surface area contributed by atoms with Gasteiger partial charge in [0, 0.05) is 43.1 Å². The fourth-order valence-electron chi connectivity index (χ4n) is 3.72. The van der Waals surface area contributed by atoms with Gasteiger partial charge in [-0.3, -0.25) is 9.59 Å². The summed E-state index contributed by atoms with van der Waals surface area (Å²) >= 11 is 0. The first-order chi connectivity index (χ1) is 10.2. The summed E-state index contributed by atoms with van der Waals surface area (Å²) in [6, 6.07) is 9.86. The Hall–Kier alpha value is -1.84. The van der Waals surface area contributed by atoms with Gasteiger partial charge in [-0.25, -0.2) is 0 Å². The summed E-state index contributed by atoms with van der Waals surface area (Å²) in [5.74, 6) is 0.793. The second kappa shape index (κ2) is 4.58. The normalized spacial score (nSPS) is 28.7. The molecule has 1 spiro atoms. The predicted molar refractivity (Wildman–Crippen MR) is 79.8 cm³/mol. The molecule has 1 atom stereocenters. The Bertz CT molecular complexity index is 582. The van der Waals surface area contributed by atoms with Crippen molar-refractivity contribution in [2.24, 2.45) is 11.3 Å². The minimum atomic E-state index is -0.0164. The fourth-order valence-corrected chi connectivity index (χ4v) is 3.72. The number of rotatable bonds is 2. The van der Waals surface area contributed by atoms with E-state index in [1.165, 1.54) is 0 Å². The van der Waals surface area contributed by atoms with Crippen LogP contribution in [-0.4, -0.2) is 36.3 Å². The third kappa shape index (κ3) is 2.23. The average molecular weight is 284 g/mol. The minimum Gasteiger partial charge on any atom is -0.342 e. The average Bonchev–Trinajstić information content (AvgIpc) is 3.20. The Kier molecular flexibility index (Phi) is 2.81. The molecule has 2 saturated heterocycles. The van der Waals surface area contributed by atoms with Crippen molar-refractivity contribution in [2.45, 2.75) is 25.7 Å². The van der Waals surface area contributed by atoms with E-state index in [2.05, 4.69) is 0 Å². The Balaban J connectivity index is 1.50. The molecule has 2 amide bonds. The summed E-state index contributed by atoms with van der Waals surface area (Å²) in [4.78, 5) is 28.5. The molecular weight excluding hydrogens is 264 g/mol. The van der Waals surface area contributed by atoms with Gasteiger partial charge < -0.3 is 9.80 Å². The van der Waals surface area contributed by atoms with Crippen LogP contribution in [0, 0.1) is 11.3 Å². The second-order valence-electron chi connectivity index (χ2n) is 6.78. The van der Waals surface area contributed by atoms with Crippen LogP contribution >= 0.6 is 0 Å². The summed E-state index contributed by atoms with van der Waals surface area (Å²) in [7, 11) is 0. The molecule has 0 aromatic heterocycles. The maximum absolute atomic E-state index is 12.4. The van der Waals surface area contributed by atoms with Gasteiger partial charge in [-0.15, -0.1) is 0 Å². The molecule has 21 heavy (non-hydrogen) atoms. The van der Waals surface area contributed by atoms with Crippen LogP contribution in [0.4, 0.5) is 5.69 Å². The minimum absolute atomic E-state index is 0.0164. The lowest BCUT2D eigenvalue weighted by Crippen LogP contribution is -2.34. The van der Waals surface area contributed by atoms with E-state index < -0.39 is 0 Å². The van der Waals surface area contributed by atoms with Crippen LogP contribution in [-0.2, 0) is 9.59 Å². The molecule has 1 aromatic rings. The van der Waals surface area contributed by atoms with Gasteiger partial charge in [-0.1, -0.05) is 18.2 Å². The number of nitrogens with zero attached hydrogens (tertiary/aromatic N) is 2. The van der Waals surface area contributed by atoms with Crippen LogP contribution in [0.25, 0.3) is 0 Å². The van der Waals surface area contributed by atoms with Gasteiger partial charge in [-0.05, 0) is 31.4 Å². The fraction of sp³-hybridized carbons (Fsp3) is 0.529. The van der Waals surface area contributed by atoms with Gasteiger partial charge >= 0.3 is 0 Å². The first-order valence-electron chi connectivity index (χ1n) is 7.81. The molecule has 3 fully saturated rings. The zero-order valence-electron chi connectivity index (χ0n) is 12.1. The first kappa shape index (κ1) is 12.9. The van der Waals surface area contributed by atoms with E-state index >= 15 is 0 Å². The number of amides is 2. The largest absolute Gasteiger partial charge is 0.342 e. The van der Waals surface area contributed by atoms with E-state index in [4.69, 9.17) is 0 Å². The highest BCUT2D eigenvalue weighted by molar-refractivity contribution is 5.96. The molecule has 110 valence electrons. The molecule has 0 radical (unpaired) electrons. The number of para-hydroxylation sites is 1. The Morgan fingerprint density at radius 3 is 2.62 bits per heavy atom. The number of carbonyl (C=O) groups excluding carboxylic acids is 2. The zero-order chi connectivity index (χ0) is 14.4. The number of carbonyl (C=O) groups is 2. The molecule has 0 unspecified atom stereocenters. The first-order valence-corrected chi connectivity index (χ1v) is 7.81. The van der Waals surface area contributed by atoms with Crippen LogP contribution in [0.5, 0.6) is 0 Å². The number of benzene rings is 1. The third-order valence-electron chi connectivity index (χ3n) is 5.07. The third-order valence-corrected chi connectivity index (χ3v) is 5.07. The van der Waals surface area contributed by atoms with E-state index in [9.17, 15) is 9.59 Å². The monoisotopic (exact) mass is 284 g/mol. The van der Waals surface area contributed by atoms with E-state index in [-0.39, 0.29) is 17.2 Å². The predicted octanol–water partition coefficient (Wildman–Crippen LogP) is 2.05. The van der Waals surface area contributed by atoms with Crippen molar-refractivity contribution in [3.63, 3.8) is 0 Å². The zero-order valence-corrected chi connectivity index (χ0v) is 12.1. The van der Waals surface area contributed by atoms with Crippen LogP contribution in [0.3, 0.4) is 0 Å². The highest BCUT2D eigenvalue weighted by Crippen LogP contribution is 2.43. The van der Waals surface area contributed by atoms with Crippen molar-refractivity contribution in [1.29, 1.82) is 0 Å². The van der Waals surface area contributed by atoms with Crippen LogP contribution in [0.1, 0.15) is 25.7 Å². The Labute approximate surface area is 124 Å². The number of hydrogen-bond donors (Lipinski definition) is 0. The molecule has 2 heterocycles. The van der Waals surface area contributed by atoms with Gasteiger partial charge in [0.2, 0.25) is 11.8 Å². The number of likely N-dealkylation sites (tertiary alicyclic amines) is 1. The van der Waals surface area contributed by atoms with Crippen molar-refractivity contribution < 1.29 is 9.59 Å². The van der Waals surface area contributed by atoms with Crippen molar-refractivity contribution >= 4 is 17.5 Å². The van der Waals surface area contributed by atoms with Gasteiger partial charge in [-0.2, -0.15) is 0 Å². The molecule has 0 bridgehead atoms. The SMILES string of the molecule is O=C(C1CC1)N1CC[C@]2(CC(=O)N(c3ccccc3)C2)C1. The number of hydrogen-bond acceptors (Lipinski definition) is 2. The molecule has 4 nitrogen and oxygen atoms in total. The van der Waals surface area contributed by atoms with Crippen LogP contribution < -0.4 is 4.90 Å². The quantitative estimate of drug-likeness (QED) is 0.834. The molecule has 3 aliphatic rings. The van der Waals surface area contributed by atoms with E-state index in [0.717, 1.165) is 44.6 Å². The van der Waals surface area contributed by atoms with E-state index in [1.807, 2.05) is 40.1 Å². The molecule has 4 heteroatoms. The van der Waals surface area contributed by atoms with Crippen molar-refractivity contribution in [2.75, 3.05) is 24.5 Å². The topological polar surface area (TPSA) is 40.6 Å². The maximum Gasteiger partial charge on any atom is 0.227 e. The molecular formula is C17H20N2O2. The molecule has 1 aromatic carbocycles. The summed E-state index contributed by atoms with van der Waals surface area (Å²) in [5.41, 5.74) is 0.962. The summed E-state index contributed by atoms with van der Waals surface area (Å²) in [6.07, 6.45) is 3.64. The molecule has 4 rings (SSSR count). The lowest BCUT2D eigenvalue weighted by Gasteiger charge is -2.24. The van der Waals surface area contributed by atoms with Crippen LogP contribution in [0.15, 0.2) is 30.3 Å². The lowest BCUT2D eigenvalue weighted by atomic mass is 9.86. The van der Waals surface area contributed by atoms with Gasteiger partial charge in [0.25, 0.3) is 0 Å². The highest BCUT2D eigenvalue weighted by Gasteiger charge is 2.50. The summed E-state index contributed by atoms with van der Waals surface area (Å²) < 4.78 is 0. The maximum atomic E-state index is 12.4. The molecule has 1 aliphatic carbocycles. The highest BCUT2D eigenvalue weighted by atomic mass is 16.2. The summed E-state index contributed by atoms with van der Waals surface area (Å²) in [6.45, 7) is 2.34. The smallest absolute Gasteiger partial charge is 0.227 e. The van der Waals surface area contributed by atoms with Gasteiger partial charge in [0.1, 0.15) is 0 Å². The number of anilines is 1. The van der Waals surface area contributed by atoms with E-state index in [1.54, 1.807) is 0 Å². The van der Waals surface area contributed by atoms with Crippen LogP contribution in [0.2, 0.25) is 0 Å². The Morgan fingerprint density at radius 1 is 1.14 bits per heavy atom. The van der Waals surface area contributed by atoms with Crippen molar-refractivity contribution in [3.05, 3.63) is 30.3 Å².